The summed E-state index contributed by atoms with van der Waals surface area (Å²) >= 11 is 5.97. The van der Waals surface area contributed by atoms with Crippen molar-refractivity contribution in [1.29, 1.82) is 0 Å². The number of nitrogens with one attached hydrogen (secondary N) is 1. The molecule has 4 nitrogen and oxygen atoms in total. The summed E-state index contributed by atoms with van der Waals surface area (Å²) in [6, 6.07) is 4.80. The first-order chi connectivity index (χ1) is 9.40. The molecule has 1 aromatic carbocycles. The van der Waals surface area contributed by atoms with Crippen LogP contribution in [0.15, 0.2) is 23.1 Å². The Bertz CT molecular complexity index is 568. The topological polar surface area (TPSA) is 66.4 Å². The average Bonchev–Trinajstić information content (AvgIpc) is 2.89. The van der Waals surface area contributed by atoms with Gasteiger partial charge in [-0.05, 0) is 43.4 Å². The fraction of sp³-hybridized carbons (Fsp3) is 0.571. The maximum absolute atomic E-state index is 12.2. The average molecular weight is 318 g/mol. The van der Waals surface area contributed by atoms with Crippen molar-refractivity contribution in [1.82, 2.24) is 4.72 Å². The summed E-state index contributed by atoms with van der Waals surface area (Å²) in [5.41, 5.74) is 0.903. The van der Waals surface area contributed by atoms with Crippen LogP contribution >= 0.6 is 11.6 Å². The zero-order chi connectivity index (χ0) is 14.8. The van der Waals surface area contributed by atoms with E-state index < -0.39 is 16.1 Å². The molecule has 0 amide bonds. The molecule has 6 heteroatoms. The largest absolute Gasteiger partial charge is 0.391 e. The van der Waals surface area contributed by atoms with Gasteiger partial charge in [0, 0.05) is 6.54 Å². The van der Waals surface area contributed by atoms with Gasteiger partial charge in [0.15, 0.2) is 0 Å². The highest BCUT2D eigenvalue weighted by molar-refractivity contribution is 7.89. The highest BCUT2D eigenvalue weighted by Crippen LogP contribution is 2.28. The van der Waals surface area contributed by atoms with Crippen LogP contribution in [0.1, 0.15) is 31.2 Å². The van der Waals surface area contributed by atoms with Gasteiger partial charge in [-0.25, -0.2) is 13.1 Å². The summed E-state index contributed by atoms with van der Waals surface area (Å²) in [5.74, 6) is 0.200. The summed E-state index contributed by atoms with van der Waals surface area (Å²) < 4.78 is 26.8. The molecule has 1 aliphatic rings. The van der Waals surface area contributed by atoms with Crippen LogP contribution in [-0.2, 0) is 10.0 Å². The molecular formula is C14H20ClNO3S. The SMILES string of the molecule is Cc1ccc(S(=O)(=O)NCC(O)C2CCCC2)c(Cl)c1. The zero-order valence-electron chi connectivity index (χ0n) is 11.5. The molecule has 2 rings (SSSR count). The van der Waals surface area contributed by atoms with E-state index in [4.69, 9.17) is 11.6 Å². The molecule has 0 aromatic heterocycles. The minimum atomic E-state index is -3.67. The van der Waals surface area contributed by atoms with E-state index in [9.17, 15) is 13.5 Å². The number of benzene rings is 1. The molecule has 112 valence electrons. The molecule has 1 aliphatic carbocycles. The number of aliphatic hydroxyl groups is 1. The summed E-state index contributed by atoms with van der Waals surface area (Å²) in [7, 11) is -3.67. The number of sulfonamides is 1. The van der Waals surface area contributed by atoms with Crippen LogP contribution in [0.2, 0.25) is 5.02 Å². The van der Waals surface area contributed by atoms with Crippen LogP contribution in [0.5, 0.6) is 0 Å². The summed E-state index contributed by atoms with van der Waals surface area (Å²) in [5, 5.41) is 10.2. The highest BCUT2D eigenvalue weighted by atomic mass is 35.5. The van der Waals surface area contributed by atoms with Crippen molar-refractivity contribution >= 4 is 21.6 Å². The van der Waals surface area contributed by atoms with Crippen LogP contribution in [0.25, 0.3) is 0 Å². The van der Waals surface area contributed by atoms with Gasteiger partial charge >= 0.3 is 0 Å². The minimum Gasteiger partial charge on any atom is -0.391 e. The van der Waals surface area contributed by atoms with Gasteiger partial charge in [-0.15, -0.1) is 0 Å². The third-order valence-corrected chi connectivity index (χ3v) is 5.71. The maximum Gasteiger partial charge on any atom is 0.242 e. The Morgan fingerprint density at radius 3 is 2.65 bits per heavy atom. The van der Waals surface area contributed by atoms with E-state index >= 15 is 0 Å². The van der Waals surface area contributed by atoms with Gasteiger partial charge in [0.05, 0.1) is 11.1 Å². The lowest BCUT2D eigenvalue weighted by Gasteiger charge is -2.18. The molecule has 2 N–H and O–H groups in total. The molecule has 1 fully saturated rings. The third kappa shape index (κ3) is 3.73. The van der Waals surface area contributed by atoms with Crippen LogP contribution < -0.4 is 4.72 Å². The Hall–Kier alpha value is -0.620. The molecule has 0 radical (unpaired) electrons. The number of rotatable bonds is 5. The smallest absolute Gasteiger partial charge is 0.242 e. The minimum absolute atomic E-state index is 0.0389. The molecule has 0 heterocycles. The van der Waals surface area contributed by atoms with E-state index in [-0.39, 0.29) is 22.4 Å². The Morgan fingerprint density at radius 2 is 2.05 bits per heavy atom. The quantitative estimate of drug-likeness (QED) is 0.876. The van der Waals surface area contributed by atoms with E-state index in [1.165, 1.54) is 6.07 Å². The lowest BCUT2D eigenvalue weighted by molar-refractivity contribution is 0.115. The van der Waals surface area contributed by atoms with Crippen molar-refractivity contribution in [2.75, 3.05) is 6.54 Å². The lowest BCUT2D eigenvalue weighted by atomic mass is 10.0. The van der Waals surface area contributed by atoms with Crippen molar-refractivity contribution in [2.24, 2.45) is 5.92 Å². The maximum atomic E-state index is 12.2. The molecule has 1 aromatic rings. The molecular weight excluding hydrogens is 298 g/mol. The predicted molar refractivity (Wildman–Crippen MR) is 79.3 cm³/mol. The lowest BCUT2D eigenvalue weighted by Crippen LogP contribution is -2.35. The first kappa shape index (κ1) is 15.8. The fourth-order valence-electron chi connectivity index (χ4n) is 2.61. The first-order valence-electron chi connectivity index (χ1n) is 6.84. The van der Waals surface area contributed by atoms with Crippen molar-refractivity contribution in [3.05, 3.63) is 28.8 Å². The van der Waals surface area contributed by atoms with Crippen LogP contribution in [0.3, 0.4) is 0 Å². The Balaban J connectivity index is 2.03. The highest BCUT2D eigenvalue weighted by Gasteiger charge is 2.25. The van der Waals surface area contributed by atoms with Crippen molar-refractivity contribution < 1.29 is 13.5 Å². The molecule has 1 saturated carbocycles. The first-order valence-corrected chi connectivity index (χ1v) is 8.70. The molecule has 0 bridgehead atoms. The molecule has 1 unspecified atom stereocenters. The van der Waals surface area contributed by atoms with Crippen LogP contribution in [0.4, 0.5) is 0 Å². The standard InChI is InChI=1S/C14H20ClNO3S/c1-10-6-7-14(12(15)8-10)20(18,19)16-9-13(17)11-4-2-3-5-11/h6-8,11,13,16-17H,2-5,9H2,1H3. The van der Waals surface area contributed by atoms with E-state index in [0.717, 1.165) is 31.2 Å². The van der Waals surface area contributed by atoms with Crippen molar-refractivity contribution in [3.8, 4) is 0 Å². The van der Waals surface area contributed by atoms with Gasteiger partial charge in [-0.1, -0.05) is 30.5 Å². The Labute approximate surface area is 125 Å². The number of aliphatic hydroxyl groups excluding tert-OH is 1. The molecule has 0 saturated heterocycles. The number of hydrogen-bond donors (Lipinski definition) is 2. The van der Waals surface area contributed by atoms with Crippen molar-refractivity contribution in [2.45, 2.75) is 43.6 Å². The van der Waals surface area contributed by atoms with E-state index in [0.29, 0.717) is 0 Å². The number of halogens is 1. The predicted octanol–water partition coefficient (Wildman–Crippen LogP) is 2.48. The third-order valence-electron chi connectivity index (χ3n) is 3.80. The number of hydrogen-bond acceptors (Lipinski definition) is 3. The van der Waals surface area contributed by atoms with Crippen molar-refractivity contribution in [3.63, 3.8) is 0 Å². The molecule has 0 aliphatic heterocycles. The molecule has 20 heavy (non-hydrogen) atoms. The normalized spacial score (nSPS) is 18.4. The monoisotopic (exact) mass is 317 g/mol. The van der Waals surface area contributed by atoms with Crippen LogP contribution in [0, 0.1) is 12.8 Å². The van der Waals surface area contributed by atoms with Gasteiger partial charge in [0.1, 0.15) is 4.90 Å². The molecule has 0 spiro atoms. The summed E-state index contributed by atoms with van der Waals surface area (Å²) in [4.78, 5) is 0.0587. The van der Waals surface area contributed by atoms with E-state index in [2.05, 4.69) is 4.72 Å². The van der Waals surface area contributed by atoms with Gasteiger partial charge in [0.25, 0.3) is 0 Å². The summed E-state index contributed by atoms with van der Waals surface area (Å²) in [6.07, 6.45) is 3.52. The van der Waals surface area contributed by atoms with Gasteiger partial charge in [-0.2, -0.15) is 0 Å². The second kappa shape index (κ2) is 6.43. The number of aryl methyl sites for hydroxylation is 1. The van der Waals surface area contributed by atoms with E-state index in [1.54, 1.807) is 12.1 Å². The van der Waals surface area contributed by atoms with Gasteiger partial charge in [0.2, 0.25) is 10.0 Å². The summed E-state index contributed by atoms with van der Waals surface area (Å²) in [6.45, 7) is 1.89. The van der Waals surface area contributed by atoms with E-state index in [1.807, 2.05) is 6.92 Å². The fourth-order valence-corrected chi connectivity index (χ4v) is 4.25. The Kier molecular flexibility index (Phi) is 5.07. The second-order valence-corrected chi connectivity index (χ2v) is 7.54. The molecule has 1 atom stereocenters. The van der Waals surface area contributed by atoms with Gasteiger partial charge in [-0.3, -0.25) is 0 Å². The Morgan fingerprint density at radius 1 is 1.40 bits per heavy atom. The second-order valence-electron chi connectivity index (χ2n) is 5.40. The zero-order valence-corrected chi connectivity index (χ0v) is 13.0. The van der Waals surface area contributed by atoms with Gasteiger partial charge < -0.3 is 5.11 Å². The van der Waals surface area contributed by atoms with Crippen LogP contribution in [-0.4, -0.2) is 26.2 Å².